The molecule has 1 atom stereocenters. The summed E-state index contributed by atoms with van der Waals surface area (Å²) < 4.78 is 11.9. The van der Waals surface area contributed by atoms with E-state index in [4.69, 9.17) is 9.47 Å². The summed E-state index contributed by atoms with van der Waals surface area (Å²) in [5.41, 5.74) is -1.41. The fourth-order valence-electron chi connectivity index (χ4n) is 5.87. The number of hydrogen-bond donors (Lipinski definition) is 1. The monoisotopic (exact) mass is 650 g/mol. The van der Waals surface area contributed by atoms with Gasteiger partial charge in [0.15, 0.2) is 0 Å². The van der Waals surface area contributed by atoms with E-state index in [2.05, 4.69) is 38.2 Å². The molecule has 0 amide bonds. The van der Waals surface area contributed by atoms with E-state index in [1.807, 2.05) is 0 Å². The lowest BCUT2D eigenvalue weighted by atomic mass is 10.1. The molecule has 0 aromatic carbocycles. The third-order valence-corrected chi connectivity index (χ3v) is 9.15. The van der Waals surface area contributed by atoms with Crippen LogP contribution in [0.25, 0.3) is 0 Å². The number of ether oxygens (including phenoxy) is 2. The van der Waals surface area contributed by atoms with E-state index >= 15 is 0 Å². The van der Waals surface area contributed by atoms with Crippen LogP contribution in [0, 0.1) is 0 Å². The Hall–Kier alpha value is -1.17. The van der Waals surface area contributed by atoms with Crippen LogP contribution in [0.3, 0.4) is 0 Å². The van der Waals surface area contributed by atoms with Crippen LogP contribution in [-0.2, 0) is 14.3 Å². The Labute approximate surface area is 287 Å². The summed E-state index contributed by atoms with van der Waals surface area (Å²) >= 11 is 0. The van der Waals surface area contributed by atoms with Gasteiger partial charge in [0, 0.05) is 13.2 Å². The highest BCUT2D eigenvalue weighted by atomic mass is 16.6. The highest BCUT2D eigenvalue weighted by molar-refractivity contribution is 5.77. The van der Waals surface area contributed by atoms with Gasteiger partial charge in [-0.2, -0.15) is 0 Å². The molecule has 0 aliphatic heterocycles. The van der Waals surface area contributed by atoms with Gasteiger partial charge in [-0.3, -0.25) is 4.90 Å². The Morgan fingerprint density at radius 2 is 0.848 bits per heavy atom. The zero-order chi connectivity index (χ0) is 33.8. The van der Waals surface area contributed by atoms with Gasteiger partial charge in [0.25, 0.3) is 0 Å². The second kappa shape index (κ2) is 35.1. The van der Waals surface area contributed by atoms with Crippen molar-refractivity contribution in [2.75, 3.05) is 33.9 Å². The second-order valence-corrected chi connectivity index (χ2v) is 13.8. The SMILES string of the molecule is CCCCCCCC/C=C\CCCCCCCCOC[C@@](OCCCCCCCC/C=C\CCCCCCCC)(C(=O)O)N(C)C. The third kappa shape index (κ3) is 27.9. The molecule has 0 radical (unpaired) electrons. The molecule has 0 saturated carbocycles. The molecule has 272 valence electrons. The number of unbranched alkanes of at least 4 members (excludes halogenated alkanes) is 24. The highest BCUT2D eigenvalue weighted by Gasteiger charge is 2.42. The largest absolute Gasteiger partial charge is 0.478 e. The van der Waals surface area contributed by atoms with E-state index in [-0.39, 0.29) is 6.61 Å². The van der Waals surface area contributed by atoms with E-state index in [0.717, 1.165) is 25.7 Å². The first kappa shape index (κ1) is 44.8. The van der Waals surface area contributed by atoms with Gasteiger partial charge < -0.3 is 14.6 Å². The molecule has 46 heavy (non-hydrogen) atoms. The van der Waals surface area contributed by atoms with Crippen LogP contribution in [-0.4, -0.2) is 55.6 Å². The molecule has 0 unspecified atom stereocenters. The van der Waals surface area contributed by atoms with Gasteiger partial charge in [-0.05, 0) is 78.3 Å². The topological polar surface area (TPSA) is 59.0 Å². The van der Waals surface area contributed by atoms with Gasteiger partial charge in [-0.15, -0.1) is 0 Å². The van der Waals surface area contributed by atoms with Crippen molar-refractivity contribution in [1.82, 2.24) is 4.90 Å². The Bertz CT molecular complexity index is 692. The van der Waals surface area contributed by atoms with Gasteiger partial charge in [-0.25, -0.2) is 4.79 Å². The molecule has 0 saturated heterocycles. The Morgan fingerprint density at radius 1 is 0.522 bits per heavy atom. The molecule has 0 heterocycles. The Morgan fingerprint density at radius 3 is 1.20 bits per heavy atom. The van der Waals surface area contributed by atoms with Crippen molar-refractivity contribution >= 4 is 5.97 Å². The molecule has 1 N–H and O–H groups in total. The van der Waals surface area contributed by atoms with Gasteiger partial charge in [0.05, 0.1) is 0 Å². The summed E-state index contributed by atoms with van der Waals surface area (Å²) in [6.07, 6.45) is 44.9. The zero-order valence-corrected chi connectivity index (χ0v) is 31.3. The van der Waals surface area contributed by atoms with Gasteiger partial charge in [0.1, 0.15) is 6.61 Å². The lowest BCUT2D eigenvalue weighted by Crippen LogP contribution is -2.57. The van der Waals surface area contributed by atoms with E-state index in [0.29, 0.717) is 13.2 Å². The van der Waals surface area contributed by atoms with E-state index in [1.54, 1.807) is 19.0 Å². The summed E-state index contributed by atoms with van der Waals surface area (Å²) in [6, 6.07) is 0. The average Bonchev–Trinajstić information content (AvgIpc) is 3.04. The van der Waals surface area contributed by atoms with Crippen molar-refractivity contribution in [2.24, 2.45) is 0 Å². The van der Waals surface area contributed by atoms with Crippen LogP contribution in [0.5, 0.6) is 0 Å². The summed E-state index contributed by atoms with van der Waals surface area (Å²) in [5, 5.41) is 10.0. The average molecular weight is 650 g/mol. The maximum Gasteiger partial charge on any atom is 0.354 e. The molecule has 0 spiro atoms. The summed E-state index contributed by atoms with van der Waals surface area (Å²) in [6.45, 7) is 5.64. The summed E-state index contributed by atoms with van der Waals surface area (Å²) in [5.74, 6) is -0.969. The maximum absolute atomic E-state index is 12.2. The first-order chi connectivity index (χ1) is 22.5. The number of carbonyl (C=O) groups is 1. The van der Waals surface area contributed by atoms with Crippen LogP contribution in [0.1, 0.15) is 194 Å². The number of hydrogen-bond acceptors (Lipinski definition) is 4. The van der Waals surface area contributed by atoms with Crippen LogP contribution in [0.15, 0.2) is 24.3 Å². The number of allylic oxidation sites excluding steroid dienone is 4. The minimum atomic E-state index is -1.41. The zero-order valence-electron chi connectivity index (χ0n) is 31.3. The third-order valence-electron chi connectivity index (χ3n) is 9.15. The van der Waals surface area contributed by atoms with Crippen LogP contribution >= 0.6 is 0 Å². The standard InChI is InChI=1S/C41H79NO4/c1-5-7-9-11-13-15-17-19-21-23-25-27-29-31-33-35-37-45-39-41(40(43)44,42(3)4)46-38-36-34-32-30-28-26-24-22-20-18-16-14-12-10-8-6-2/h19-22H,5-18,23-39H2,1-4H3,(H,43,44)/b21-19-,22-20-/t41-/m1/s1. The Kier molecular flexibility index (Phi) is 34.3. The van der Waals surface area contributed by atoms with Crippen molar-refractivity contribution in [2.45, 2.75) is 199 Å². The molecule has 0 aromatic rings. The number of likely N-dealkylation sites (N-methyl/N-ethyl adjacent to an activating group) is 1. The van der Waals surface area contributed by atoms with Crippen molar-refractivity contribution < 1.29 is 19.4 Å². The van der Waals surface area contributed by atoms with Crippen LogP contribution in [0.2, 0.25) is 0 Å². The first-order valence-corrected chi connectivity index (χ1v) is 19.9. The molecule has 0 aliphatic carbocycles. The molecule has 5 nitrogen and oxygen atoms in total. The lowest BCUT2D eigenvalue weighted by Gasteiger charge is -2.35. The lowest BCUT2D eigenvalue weighted by molar-refractivity contribution is -0.206. The summed E-state index contributed by atoms with van der Waals surface area (Å²) in [4.78, 5) is 13.9. The van der Waals surface area contributed by atoms with Gasteiger partial charge >= 0.3 is 5.97 Å². The molecular weight excluding hydrogens is 570 g/mol. The van der Waals surface area contributed by atoms with Crippen molar-refractivity contribution in [3.05, 3.63) is 24.3 Å². The number of nitrogens with zero attached hydrogens (tertiary/aromatic N) is 1. The minimum absolute atomic E-state index is 0.0623. The first-order valence-electron chi connectivity index (χ1n) is 19.9. The van der Waals surface area contributed by atoms with Crippen molar-refractivity contribution in [3.8, 4) is 0 Å². The minimum Gasteiger partial charge on any atom is -0.478 e. The molecule has 0 fully saturated rings. The Balaban J connectivity index is 3.81. The van der Waals surface area contributed by atoms with Gasteiger partial charge in [0.2, 0.25) is 5.72 Å². The summed E-state index contributed by atoms with van der Waals surface area (Å²) in [7, 11) is 3.53. The van der Waals surface area contributed by atoms with Crippen LogP contribution in [0.4, 0.5) is 0 Å². The molecule has 5 heteroatoms. The van der Waals surface area contributed by atoms with E-state index < -0.39 is 11.7 Å². The predicted octanol–water partition coefficient (Wildman–Crippen LogP) is 12.4. The second-order valence-electron chi connectivity index (χ2n) is 13.8. The quantitative estimate of drug-likeness (QED) is 0.0412. The number of carboxylic acids is 1. The molecular formula is C41H79NO4. The number of rotatable bonds is 37. The van der Waals surface area contributed by atoms with Gasteiger partial charge in [-0.1, -0.05) is 154 Å². The molecule has 0 bridgehead atoms. The maximum atomic E-state index is 12.2. The normalized spacial score (nSPS) is 13.4. The number of aliphatic carboxylic acids is 1. The molecule has 0 aliphatic rings. The molecule has 0 aromatic heterocycles. The van der Waals surface area contributed by atoms with Crippen LogP contribution < -0.4 is 0 Å². The predicted molar refractivity (Wildman–Crippen MR) is 200 cm³/mol. The number of carboxylic acid groups (broad SMARTS) is 1. The highest BCUT2D eigenvalue weighted by Crippen LogP contribution is 2.18. The van der Waals surface area contributed by atoms with E-state index in [1.165, 1.54) is 154 Å². The van der Waals surface area contributed by atoms with Crippen molar-refractivity contribution in [3.63, 3.8) is 0 Å². The fourth-order valence-corrected chi connectivity index (χ4v) is 5.87. The fraction of sp³-hybridized carbons (Fsp3) is 0.878. The van der Waals surface area contributed by atoms with Crippen molar-refractivity contribution in [1.29, 1.82) is 0 Å². The van der Waals surface area contributed by atoms with E-state index in [9.17, 15) is 9.90 Å². The molecule has 0 rings (SSSR count). The smallest absolute Gasteiger partial charge is 0.354 e.